The Kier molecular flexibility index (Phi) is 4.41. The van der Waals surface area contributed by atoms with Crippen molar-refractivity contribution in [2.75, 3.05) is 0 Å². The number of rotatable bonds is 5. The molecule has 1 aromatic rings. The molecule has 1 heterocycles. The van der Waals surface area contributed by atoms with Crippen molar-refractivity contribution in [1.29, 1.82) is 0 Å². The van der Waals surface area contributed by atoms with Crippen LogP contribution in [0, 0.1) is 6.92 Å². The molecule has 0 aliphatic rings. The molecule has 0 saturated carbocycles. The summed E-state index contributed by atoms with van der Waals surface area (Å²) >= 11 is 0. The van der Waals surface area contributed by atoms with E-state index in [0.29, 0.717) is 11.6 Å². The molecule has 3 nitrogen and oxygen atoms in total. The molecule has 0 bridgehead atoms. The minimum Gasteiger partial charge on any atom is -0.316 e. The Morgan fingerprint density at radius 2 is 2.06 bits per heavy atom. The first-order valence-electron chi connectivity index (χ1n) is 5.39. The Morgan fingerprint density at radius 3 is 2.56 bits per heavy atom. The molecule has 1 atom stereocenters. The van der Waals surface area contributed by atoms with Crippen molar-refractivity contribution >= 4 is 0 Å². The number of hydrogen-bond acceptors (Lipinski definition) is 2. The van der Waals surface area contributed by atoms with Crippen LogP contribution in [0.2, 0.25) is 0 Å². The zero-order valence-electron chi connectivity index (χ0n) is 10.1. The normalized spacial score (nSPS) is 13.4. The number of ether oxygens (including phenoxy) is 1. The van der Waals surface area contributed by atoms with E-state index < -0.39 is 6.61 Å². The Hall–Kier alpha value is -0.970. The van der Waals surface area contributed by atoms with E-state index in [1.54, 1.807) is 4.68 Å². The highest BCUT2D eigenvalue weighted by molar-refractivity contribution is 5.26. The average Bonchev–Trinajstić information content (AvgIpc) is 2.50. The van der Waals surface area contributed by atoms with Crippen LogP contribution in [0.1, 0.15) is 43.1 Å². The standard InChI is InChI=1S/C11H18F2N2O/c1-5-7(2)10-8(3)9(14-15(10)4)6-16-11(12)13/h7,11H,5-6H2,1-4H3. The highest BCUT2D eigenvalue weighted by Gasteiger charge is 2.17. The maximum absolute atomic E-state index is 11.9. The molecule has 0 spiro atoms. The van der Waals surface area contributed by atoms with Gasteiger partial charge in [-0.1, -0.05) is 13.8 Å². The van der Waals surface area contributed by atoms with Gasteiger partial charge < -0.3 is 4.74 Å². The molecule has 0 amide bonds. The summed E-state index contributed by atoms with van der Waals surface area (Å²) in [5, 5.41) is 4.21. The predicted molar refractivity (Wildman–Crippen MR) is 57.4 cm³/mol. The number of alkyl halides is 2. The lowest BCUT2D eigenvalue weighted by atomic mass is 10.0. The smallest absolute Gasteiger partial charge is 0.316 e. The molecule has 1 unspecified atom stereocenters. The number of aryl methyl sites for hydroxylation is 1. The molecule has 0 fully saturated rings. The van der Waals surface area contributed by atoms with Crippen LogP contribution in [0.15, 0.2) is 0 Å². The molecule has 0 aliphatic heterocycles. The van der Waals surface area contributed by atoms with Gasteiger partial charge >= 0.3 is 6.61 Å². The van der Waals surface area contributed by atoms with Gasteiger partial charge in [-0.3, -0.25) is 4.68 Å². The number of hydrogen-bond donors (Lipinski definition) is 0. The highest BCUT2D eigenvalue weighted by Crippen LogP contribution is 2.24. The molecule has 0 N–H and O–H groups in total. The minimum absolute atomic E-state index is 0.131. The zero-order valence-corrected chi connectivity index (χ0v) is 10.1. The molecule has 1 aromatic heterocycles. The van der Waals surface area contributed by atoms with E-state index in [0.717, 1.165) is 17.7 Å². The molecule has 1 rings (SSSR count). The first kappa shape index (κ1) is 13.1. The Bertz CT molecular complexity index is 350. The van der Waals surface area contributed by atoms with Gasteiger partial charge in [0.1, 0.15) is 0 Å². The van der Waals surface area contributed by atoms with Gasteiger partial charge in [0.2, 0.25) is 0 Å². The number of nitrogens with zero attached hydrogens (tertiary/aromatic N) is 2. The topological polar surface area (TPSA) is 27.1 Å². The number of halogens is 2. The summed E-state index contributed by atoms with van der Waals surface area (Å²) in [5.41, 5.74) is 2.64. The van der Waals surface area contributed by atoms with E-state index >= 15 is 0 Å². The number of aromatic nitrogens is 2. The van der Waals surface area contributed by atoms with Gasteiger partial charge in [-0.05, 0) is 24.8 Å². The van der Waals surface area contributed by atoms with Gasteiger partial charge in [0, 0.05) is 12.7 Å². The third kappa shape index (κ3) is 2.78. The molecule has 16 heavy (non-hydrogen) atoms. The second-order valence-electron chi connectivity index (χ2n) is 3.96. The second kappa shape index (κ2) is 5.39. The van der Waals surface area contributed by atoms with E-state index in [9.17, 15) is 8.78 Å². The van der Waals surface area contributed by atoms with Crippen LogP contribution in [0.3, 0.4) is 0 Å². The van der Waals surface area contributed by atoms with E-state index in [1.807, 2.05) is 14.0 Å². The van der Waals surface area contributed by atoms with Crippen LogP contribution in [0.25, 0.3) is 0 Å². The largest absolute Gasteiger partial charge is 0.345 e. The third-order valence-electron chi connectivity index (χ3n) is 2.86. The maximum Gasteiger partial charge on any atom is 0.345 e. The van der Waals surface area contributed by atoms with Crippen LogP contribution in [-0.2, 0) is 18.4 Å². The molecule has 0 aromatic carbocycles. The van der Waals surface area contributed by atoms with Gasteiger partial charge in [0.25, 0.3) is 0 Å². The summed E-state index contributed by atoms with van der Waals surface area (Å²) in [4.78, 5) is 0. The molecule has 5 heteroatoms. The lowest BCUT2D eigenvalue weighted by molar-refractivity contribution is -0.138. The summed E-state index contributed by atoms with van der Waals surface area (Å²) in [7, 11) is 1.83. The first-order valence-corrected chi connectivity index (χ1v) is 5.39. The molecule has 92 valence electrons. The van der Waals surface area contributed by atoms with Crippen molar-refractivity contribution in [3.05, 3.63) is 17.0 Å². The predicted octanol–water partition coefficient (Wildman–Crippen LogP) is 2.98. The fourth-order valence-corrected chi connectivity index (χ4v) is 1.86. The Balaban J connectivity index is 2.88. The lowest BCUT2D eigenvalue weighted by Crippen LogP contribution is -2.02. The molecular weight excluding hydrogens is 214 g/mol. The third-order valence-corrected chi connectivity index (χ3v) is 2.86. The fourth-order valence-electron chi connectivity index (χ4n) is 1.86. The molecular formula is C11H18F2N2O. The van der Waals surface area contributed by atoms with Crippen molar-refractivity contribution < 1.29 is 13.5 Å². The zero-order chi connectivity index (χ0) is 12.3. The molecule has 0 saturated heterocycles. The summed E-state index contributed by atoms with van der Waals surface area (Å²) in [6, 6.07) is 0. The van der Waals surface area contributed by atoms with E-state index in [-0.39, 0.29) is 6.61 Å². The monoisotopic (exact) mass is 232 g/mol. The minimum atomic E-state index is -2.74. The van der Waals surface area contributed by atoms with Crippen molar-refractivity contribution in [2.45, 2.75) is 46.3 Å². The molecule has 0 radical (unpaired) electrons. The van der Waals surface area contributed by atoms with Gasteiger partial charge in [-0.25, -0.2) is 0 Å². The van der Waals surface area contributed by atoms with Crippen molar-refractivity contribution in [3.63, 3.8) is 0 Å². The quantitative estimate of drug-likeness (QED) is 0.780. The van der Waals surface area contributed by atoms with E-state index in [4.69, 9.17) is 0 Å². The van der Waals surface area contributed by atoms with Crippen molar-refractivity contribution in [1.82, 2.24) is 9.78 Å². The molecule has 0 aliphatic carbocycles. The summed E-state index contributed by atoms with van der Waals surface area (Å²) in [5.74, 6) is 0.373. The highest BCUT2D eigenvalue weighted by atomic mass is 19.3. The summed E-state index contributed by atoms with van der Waals surface area (Å²) in [6.07, 6.45) is 0.996. The Morgan fingerprint density at radius 1 is 1.44 bits per heavy atom. The van der Waals surface area contributed by atoms with Gasteiger partial charge in [0.05, 0.1) is 12.3 Å². The average molecular weight is 232 g/mol. The van der Waals surface area contributed by atoms with Crippen molar-refractivity contribution in [2.24, 2.45) is 7.05 Å². The maximum atomic E-state index is 11.9. The summed E-state index contributed by atoms with van der Waals surface area (Å²) < 4.78 is 29.9. The van der Waals surface area contributed by atoms with Crippen LogP contribution in [0.5, 0.6) is 0 Å². The van der Waals surface area contributed by atoms with Crippen LogP contribution in [-0.4, -0.2) is 16.4 Å². The van der Waals surface area contributed by atoms with E-state index in [1.165, 1.54) is 0 Å². The Labute approximate surface area is 94.4 Å². The summed E-state index contributed by atoms with van der Waals surface area (Å²) in [6.45, 7) is 3.22. The SMILES string of the molecule is CCC(C)c1c(C)c(COC(F)F)nn1C. The fraction of sp³-hybridized carbons (Fsp3) is 0.727. The van der Waals surface area contributed by atoms with Crippen LogP contribution >= 0.6 is 0 Å². The second-order valence-corrected chi connectivity index (χ2v) is 3.96. The van der Waals surface area contributed by atoms with E-state index in [2.05, 4.69) is 23.7 Å². The first-order chi connectivity index (χ1) is 7.47. The van der Waals surface area contributed by atoms with Crippen LogP contribution in [0.4, 0.5) is 8.78 Å². The van der Waals surface area contributed by atoms with Crippen LogP contribution < -0.4 is 0 Å². The van der Waals surface area contributed by atoms with Gasteiger partial charge in [0.15, 0.2) is 0 Å². The lowest BCUT2D eigenvalue weighted by Gasteiger charge is -2.10. The van der Waals surface area contributed by atoms with Gasteiger partial charge in [-0.2, -0.15) is 13.9 Å². The van der Waals surface area contributed by atoms with Gasteiger partial charge in [-0.15, -0.1) is 0 Å². The van der Waals surface area contributed by atoms with Crippen molar-refractivity contribution in [3.8, 4) is 0 Å².